The van der Waals surface area contributed by atoms with Crippen LogP contribution >= 0.6 is 15.9 Å². The molecule has 2 aromatic rings. The van der Waals surface area contributed by atoms with E-state index in [1.165, 1.54) is 0 Å². The number of pyridine rings is 1. The van der Waals surface area contributed by atoms with E-state index >= 15 is 0 Å². The Kier molecular flexibility index (Phi) is 4.17. The first kappa shape index (κ1) is 16.1. The number of benzene rings is 1. The van der Waals surface area contributed by atoms with Gasteiger partial charge in [0.25, 0.3) is 5.91 Å². The van der Waals surface area contributed by atoms with Crippen LogP contribution < -0.4 is 10.6 Å². The number of hydrogen-bond acceptors (Lipinski definition) is 3. The number of hydrogen-bond donors (Lipinski definition) is 2. The molecule has 25 heavy (non-hydrogen) atoms. The Labute approximate surface area is 153 Å². The Bertz CT molecular complexity index is 855. The van der Waals surface area contributed by atoms with E-state index in [1.54, 1.807) is 18.2 Å². The van der Waals surface area contributed by atoms with Gasteiger partial charge in [-0.3, -0.25) is 10.1 Å². The molecule has 6 nitrogen and oxygen atoms in total. The van der Waals surface area contributed by atoms with Crippen LogP contribution in [-0.2, 0) is 0 Å². The topological polar surface area (TPSA) is 74.3 Å². The summed E-state index contributed by atoms with van der Waals surface area (Å²) in [6.07, 6.45) is 3.07. The predicted molar refractivity (Wildman–Crippen MR) is 98.6 cm³/mol. The van der Waals surface area contributed by atoms with Crippen molar-refractivity contribution in [2.45, 2.75) is 25.3 Å². The third-order valence-corrected chi connectivity index (χ3v) is 5.08. The first-order valence-electron chi connectivity index (χ1n) is 8.28. The zero-order valence-corrected chi connectivity index (χ0v) is 15.0. The average molecular weight is 401 g/mol. The van der Waals surface area contributed by atoms with Gasteiger partial charge in [0.2, 0.25) is 0 Å². The van der Waals surface area contributed by atoms with E-state index in [4.69, 9.17) is 0 Å². The molecule has 1 aromatic carbocycles. The van der Waals surface area contributed by atoms with E-state index < -0.39 is 0 Å². The van der Waals surface area contributed by atoms with Gasteiger partial charge in [-0.1, -0.05) is 12.1 Å². The van der Waals surface area contributed by atoms with Gasteiger partial charge in [-0.15, -0.1) is 0 Å². The molecule has 0 radical (unpaired) electrons. The van der Waals surface area contributed by atoms with Gasteiger partial charge in [-0.2, -0.15) is 0 Å². The Hall–Kier alpha value is -2.41. The van der Waals surface area contributed by atoms with E-state index in [0.29, 0.717) is 21.7 Å². The molecule has 0 bridgehead atoms. The van der Waals surface area contributed by atoms with Crippen LogP contribution in [0.1, 0.15) is 41.2 Å². The van der Waals surface area contributed by atoms with Crippen molar-refractivity contribution < 1.29 is 9.59 Å². The summed E-state index contributed by atoms with van der Waals surface area (Å²) in [5.41, 5.74) is 2.32. The van der Waals surface area contributed by atoms with Crippen LogP contribution in [0.4, 0.5) is 16.3 Å². The lowest BCUT2D eigenvalue weighted by atomic mass is 9.96. The quantitative estimate of drug-likeness (QED) is 0.742. The van der Waals surface area contributed by atoms with E-state index in [9.17, 15) is 9.59 Å². The SMILES string of the molecule is O=C(Nc1cccc(Br)n1)Nc1cccc2c1C1CCCCN1C2=O. The second-order valence-electron chi connectivity index (χ2n) is 6.20. The summed E-state index contributed by atoms with van der Waals surface area (Å²) >= 11 is 3.28. The summed E-state index contributed by atoms with van der Waals surface area (Å²) in [5, 5.41) is 5.60. The third-order valence-electron chi connectivity index (χ3n) is 4.64. The molecule has 7 heteroatoms. The minimum atomic E-state index is -0.374. The lowest BCUT2D eigenvalue weighted by Crippen LogP contribution is -2.32. The molecule has 1 atom stereocenters. The molecule has 1 unspecified atom stereocenters. The van der Waals surface area contributed by atoms with Crippen LogP contribution in [0.15, 0.2) is 41.0 Å². The van der Waals surface area contributed by atoms with Crippen molar-refractivity contribution in [1.82, 2.24) is 9.88 Å². The number of anilines is 2. The lowest BCUT2D eigenvalue weighted by Gasteiger charge is -2.30. The summed E-state index contributed by atoms with van der Waals surface area (Å²) in [7, 11) is 0. The summed E-state index contributed by atoms with van der Waals surface area (Å²) in [4.78, 5) is 31.0. The van der Waals surface area contributed by atoms with Crippen LogP contribution in [0.25, 0.3) is 0 Å². The highest BCUT2D eigenvalue weighted by Gasteiger charge is 2.39. The molecule has 2 aliphatic heterocycles. The van der Waals surface area contributed by atoms with Crippen molar-refractivity contribution >= 4 is 39.4 Å². The normalized spacial score (nSPS) is 18.5. The number of urea groups is 1. The number of aromatic nitrogens is 1. The second-order valence-corrected chi connectivity index (χ2v) is 7.01. The van der Waals surface area contributed by atoms with Crippen molar-refractivity contribution in [3.63, 3.8) is 0 Å². The van der Waals surface area contributed by atoms with Gasteiger partial charge in [0.05, 0.1) is 6.04 Å². The highest BCUT2D eigenvalue weighted by Crippen LogP contribution is 2.43. The average Bonchev–Trinajstić information content (AvgIpc) is 2.89. The van der Waals surface area contributed by atoms with E-state index in [0.717, 1.165) is 31.4 Å². The molecule has 1 saturated heterocycles. The molecular weight excluding hydrogens is 384 g/mol. The fourth-order valence-electron chi connectivity index (χ4n) is 3.60. The zero-order chi connectivity index (χ0) is 17.4. The second kappa shape index (κ2) is 6.48. The van der Waals surface area contributed by atoms with Gasteiger partial charge in [0.1, 0.15) is 10.4 Å². The number of carbonyl (C=O) groups is 2. The van der Waals surface area contributed by atoms with Gasteiger partial charge in [-0.25, -0.2) is 9.78 Å². The maximum absolute atomic E-state index is 12.6. The van der Waals surface area contributed by atoms with Crippen molar-refractivity contribution in [3.8, 4) is 0 Å². The maximum Gasteiger partial charge on any atom is 0.324 e. The Balaban J connectivity index is 1.58. The minimum absolute atomic E-state index is 0.0664. The van der Waals surface area contributed by atoms with Crippen LogP contribution in [0.3, 0.4) is 0 Å². The first-order chi connectivity index (χ1) is 12.1. The summed E-state index contributed by atoms with van der Waals surface area (Å²) in [6.45, 7) is 0.784. The lowest BCUT2D eigenvalue weighted by molar-refractivity contribution is 0.0672. The smallest absolute Gasteiger partial charge is 0.324 e. The third kappa shape index (κ3) is 3.00. The summed E-state index contributed by atoms with van der Waals surface area (Å²) in [5.74, 6) is 0.521. The molecule has 0 aliphatic carbocycles. The molecule has 2 N–H and O–H groups in total. The van der Waals surface area contributed by atoms with Gasteiger partial charge >= 0.3 is 6.03 Å². The summed E-state index contributed by atoms with van der Waals surface area (Å²) < 4.78 is 0.648. The molecular formula is C18H17BrN4O2. The molecule has 1 aromatic heterocycles. The maximum atomic E-state index is 12.6. The number of rotatable bonds is 2. The van der Waals surface area contributed by atoms with E-state index in [1.807, 2.05) is 23.1 Å². The fraction of sp³-hybridized carbons (Fsp3) is 0.278. The molecule has 128 valence electrons. The van der Waals surface area contributed by atoms with Gasteiger partial charge in [0, 0.05) is 23.4 Å². The monoisotopic (exact) mass is 400 g/mol. The number of amides is 3. The van der Waals surface area contributed by atoms with Gasteiger partial charge in [-0.05, 0) is 59.5 Å². The highest BCUT2D eigenvalue weighted by molar-refractivity contribution is 9.10. The van der Waals surface area contributed by atoms with E-state index in [-0.39, 0.29) is 18.0 Å². The molecule has 3 amide bonds. The van der Waals surface area contributed by atoms with Crippen molar-refractivity contribution in [3.05, 3.63) is 52.1 Å². The van der Waals surface area contributed by atoms with E-state index in [2.05, 4.69) is 31.5 Å². The van der Waals surface area contributed by atoms with Crippen LogP contribution in [-0.4, -0.2) is 28.4 Å². The molecule has 1 fully saturated rings. The van der Waals surface area contributed by atoms with Crippen molar-refractivity contribution in [2.24, 2.45) is 0 Å². The zero-order valence-electron chi connectivity index (χ0n) is 13.5. The minimum Gasteiger partial charge on any atom is -0.331 e. The Morgan fingerprint density at radius 2 is 2.00 bits per heavy atom. The Morgan fingerprint density at radius 1 is 1.16 bits per heavy atom. The summed E-state index contributed by atoms with van der Waals surface area (Å²) in [6, 6.07) is 10.5. The first-order valence-corrected chi connectivity index (χ1v) is 9.07. The fourth-order valence-corrected chi connectivity index (χ4v) is 3.94. The van der Waals surface area contributed by atoms with Crippen LogP contribution in [0, 0.1) is 0 Å². The number of nitrogens with one attached hydrogen (secondary N) is 2. The molecule has 0 saturated carbocycles. The van der Waals surface area contributed by atoms with Crippen molar-refractivity contribution in [2.75, 3.05) is 17.2 Å². The van der Waals surface area contributed by atoms with Gasteiger partial charge in [0.15, 0.2) is 0 Å². The van der Waals surface area contributed by atoms with Gasteiger partial charge < -0.3 is 10.2 Å². The number of halogens is 1. The predicted octanol–water partition coefficient (Wildman–Crippen LogP) is 4.17. The van der Waals surface area contributed by atoms with Crippen LogP contribution in [0.5, 0.6) is 0 Å². The number of fused-ring (bicyclic) bond motifs is 3. The number of carbonyl (C=O) groups excluding carboxylic acids is 2. The molecule has 0 spiro atoms. The molecule has 2 aliphatic rings. The standard InChI is InChI=1S/C18H17BrN4O2/c19-14-8-4-9-15(21-14)22-18(25)20-12-6-3-5-11-16(12)13-7-1-2-10-23(13)17(11)24/h3-6,8-9,13H,1-2,7,10H2,(H2,20,21,22,25). The number of piperidine rings is 1. The Morgan fingerprint density at radius 3 is 2.84 bits per heavy atom. The van der Waals surface area contributed by atoms with Crippen molar-refractivity contribution in [1.29, 1.82) is 0 Å². The highest BCUT2D eigenvalue weighted by atomic mass is 79.9. The number of nitrogens with zero attached hydrogens (tertiary/aromatic N) is 2. The van der Waals surface area contributed by atoms with Crippen LogP contribution in [0.2, 0.25) is 0 Å². The molecule has 4 rings (SSSR count). The molecule has 3 heterocycles. The largest absolute Gasteiger partial charge is 0.331 e.